The minimum absolute atomic E-state index is 0. The van der Waals surface area contributed by atoms with Gasteiger partial charge in [0.1, 0.15) is 16.5 Å². The first-order chi connectivity index (χ1) is 8.90. The molecule has 1 aromatic carbocycles. The van der Waals surface area contributed by atoms with Crippen molar-refractivity contribution in [1.82, 2.24) is 10.0 Å². The summed E-state index contributed by atoms with van der Waals surface area (Å²) < 4.78 is 52.8. The van der Waals surface area contributed by atoms with Gasteiger partial charge in [-0.1, -0.05) is 0 Å². The first-order valence-electron chi connectivity index (χ1n) is 5.75. The lowest BCUT2D eigenvalue weighted by molar-refractivity contribution is 0.523. The molecule has 2 rings (SSSR count). The van der Waals surface area contributed by atoms with Gasteiger partial charge >= 0.3 is 0 Å². The van der Waals surface area contributed by atoms with E-state index in [1.807, 2.05) is 0 Å². The molecule has 1 fully saturated rings. The molecule has 1 aliphatic heterocycles. The minimum Gasteiger partial charge on any atom is -0.316 e. The zero-order valence-corrected chi connectivity index (χ0v) is 13.5. The van der Waals surface area contributed by atoms with E-state index in [0.29, 0.717) is 6.07 Å². The highest BCUT2D eigenvalue weighted by Crippen LogP contribution is 2.23. The predicted octanol–water partition coefficient (Wildman–Crippen LogP) is 2.04. The third-order valence-corrected chi connectivity index (χ3v) is 5.04. The van der Waals surface area contributed by atoms with Gasteiger partial charge in [0.25, 0.3) is 0 Å². The zero-order valence-electron chi connectivity index (χ0n) is 10.3. The van der Waals surface area contributed by atoms with Crippen LogP contribution in [-0.4, -0.2) is 28.1 Å². The van der Waals surface area contributed by atoms with E-state index in [1.54, 1.807) is 0 Å². The molecule has 2 N–H and O–H groups in total. The maximum Gasteiger partial charge on any atom is 0.243 e. The maximum atomic E-state index is 13.5. The highest BCUT2D eigenvalue weighted by Gasteiger charge is 2.23. The fourth-order valence-corrected chi connectivity index (χ4v) is 3.60. The zero-order chi connectivity index (χ0) is 14.0. The molecular formula is C11H14BrClF2N2O2S. The molecule has 1 heterocycles. The summed E-state index contributed by atoms with van der Waals surface area (Å²) in [4.78, 5) is -0.549. The lowest BCUT2D eigenvalue weighted by Crippen LogP contribution is -2.31. The first-order valence-corrected chi connectivity index (χ1v) is 8.02. The minimum atomic E-state index is -3.97. The summed E-state index contributed by atoms with van der Waals surface area (Å²) in [6.07, 6.45) is 0.873. The van der Waals surface area contributed by atoms with Crippen LogP contribution < -0.4 is 10.0 Å². The molecule has 0 aliphatic carbocycles. The standard InChI is InChI=1S/C11H13BrF2N2O2S.ClH/c12-8-3-11(10(14)4-9(8)13)19(17,18)16-6-7-1-2-15-5-7;/h3-4,7,15-16H,1-2,5-6H2;1H. The van der Waals surface area contributed by atoms with Gasteiger partial charge in [0.2, 0.25) is 10.0 Å². The molecule has 9 heteroatoms. The Bertz CT molecular complexity index is 580. The average Bonchev–Trinajstić information content (AvgIpc) is 2.84. The highest BCUT2D eigenvalue weighted by atomic mass is 79.9. The van der Waals surface area contributed by atoms with Crippen LogP contribution >= 0.6 is 28.3 Å². The van der Waals surface area contributed by atoms with Gasteiger partial charge in [0.05, 0.1) is 4.47 Å². The molecule has 1 unspecified atom stereocenters. The predicted molar refractivity (Wildman–Crippen MR) is 77.5 cm³/mol. The van der Waals surface area contributed by atoms with Crippen molar-refractivity contribution in [2.24, 2.45) is 5.92 Å². The number of rotatable bonds is 4. The topological polar surface area (TPSA) is 58.2 Å². The lowest BCUT2D eigenvalue weighted by Gasteiger charge is -2.11. The molecule has 1 aliphatic rings. The van der Waals surface area contributed by atoms with Gasteiger partial charge < -0.3 is 5.32 Å². The quantitative estimate of drug-likeness (QED) is 0.772. The summed E-state index contributed by atoms with van der Waals surface area (Å²) >= 11 is 2.85. The molecule has 0 radical (unpaired) electrons. The van der Waals surface area contributed by atoms with E-state index in [1.165, 1.54) is 0 Å². The number of benzene rings is 1. The first kappa shape index (κ1) is 17.8. The van der Waals surface area contributed by atoms with E-state index in [2.05, 4.69) is 26.0 Å². The van der Waals surface area contributed by atoms with Crippen LogP contribution in [0.1, 0.15) is 6.42 Å². The van der Waals surface area contributed by atoms with Crippen molar-refractivity contribution in [2.45, 2.75) is 11.3 Å². The van der Waals surface area contributed by atoms with Gasteiger partial charge in [-0.25, -0.2) is 21.9 Å². The third-order valence-electron chi connectivity index (χ3n) is 2.99. The molecule has 1 saturated heterocycles. The van der Waals surface area contributed by atoms with Crippen molar-refractivity contribution in [3.8, 4) is 0 Å². The monoisotopic (exact) mass is 390 g/mol. The molecule has 114 valence electrons. The second kappa shape index (κ2) is 7.13. The summed E-state index contributed by atoms with van der Waals surface area (Å²) in [7, 11) is -3.97. The number of nitrogens with one attached hydrogen (secondary N) is 2. The second-order valence-electron chi connectivity index (χ2n) is 4.41. The van der Waals surface area contributed by atoms with Crippen molar-refractivity contribution in [1.29, 1.82) is 0 Å². The third kappa shape index (κ3) is 4.11. The molecule has 1 aromatic rings. The number of sulfonamides is 1. The molecule has 0 spiro atoms. The van der Waals surface area contributed by atoms with E-state index < -0.39 is 26.6 Å². The van der Waals surface area contributed by atoms with E-state index >= 15 is 0 Å². The van der Waals surface area contributed by atoms with E-state index in [0.717, 1.165) is 25.6 Å². The Morgan fingerprint density at radius 1 is 1.35 bits per heavy atom. The van der Waals surface area contributed by atoms with Crippen molar-refractivity contribution < 1.29 is 17.2 Å². The van der Waals surface area contributed by atoms with Crippen LogP contribution in [0.15, 0.2) is 21.5 Å². The summed E-state index contributed by atoms with van der Waals surface area (Å²) in [5.41, 5.74) is 0. The summed E-state index contributed by atoms with van der Waals surface area (Å²) in [6, 6.07) is 1.48. The molecule has 4 nitrogen and oxygen atoms in total. The van der Waals surface area contributed by atoms with Gasteiger partial charge in [0.15, 0.2) is 0 Å². The van der Waals surface area contributed by atoms with Crippen LogP contribution in [0.25, 0.3) is 0 Å². The molecule has 0 aromatic heterocycles. The Balaban J connectivity index is 0.00000200. The van der Waals surface area contributed by atoms with Crippen molar-refractivity contribution in [2.75, 3.05) is 19.6 Å². The molecule has 0 saturated carbocycles. The Kier molecular flexibility index (Phi) is 6.33. The summed E-state index contributed by atoms with van der Waals surface area (Å²) in [6.45, 7) is 1.82. The fraction of sp³-hybridized carbons (Fsp3) is 0.455. The maximum absolute atomic E-state index is 13.5. The van der Waals surface area contributed by atoms with Crippen LogP contribution in [0.3, 0.4) is 0 Å². The largest absolute Gasteiger partial charge is 0.316 e. The molecule has 0 bridgehead atoms. The number of halogens is 4. The molecule has 0 amide bonds. The Morgan fingerprint density at radius 3 is 2.65 bits per heavy atom. The number of hydrogen-bond donors (Lipinski definition) is 2. The van der Waals surface area contributed by atoms with Gasteiger partial charge in [-0.3, -0.25) is 0 Å². The molecule has 20 heavy (non-hydrogen) atoms. The van der Waals surface area contributed by atoms with E-state index in [4.69, 9.17) is 0 Å². The van der Waals surface area contributed by atoms with Crippen LogP contribution in [-0.2, 0) is 10.0 Å². The van der Waals surface area contributed by atoms with Crippen LogP contribution in [0.4, 0.5) is 8.78 Å². The van der Waals surface area contributed by atoms with Gasteiger partial charge in [-0.2, -0.15) is 0 Å². The number of hydrogen-bond acceptors (Lipinski definition) is 3. The SMILES string of the molecule is Cl.O=S(=O)(NCC1CCNC1)c1cc(Br)c(F)cc1F. The molecular weight excluding hydrogens is 378 g/mol. The van der Waals surface area contributed by atoms with Gasteiger partial charge in [0, 0.05) is 12.6 Å². The van der Waals surface area contributed by atoms with Crippen molar-refractivity contribution in [3.63, 3.8) is 0 Å². The van der Waals surface area contributed by atoms with Crippen LogP contribution in [0, 0.1) is 17.6 Å². The van der Waals surface area contributed by atoms with Crippen LogP contribution in [0.2, 0.25) is 0 Å². The second-order valence-corrected chi connectivity index (χ2v) is 7.00. The van der Waals surface area contributed by atoms with E-state index in [9.17, 15) is 17.2 Å². The summed E-state index contributed by atoms with van der Waals surface area (Å²) in [5.74, 6) is -1.74. The Hall–Kier alpha value is -0.280. The Morgan fingerprint density at radius 2 is 2.05 bits per heavy atom. The Labute approximate surface area is 130 Å². The average molecular weight is 392 g/mol. The van der Waals surface area contributed by atoms with Gasteiger partial charge in [-0.15, -0.1) is 12.4 Å². The van der Waals surface area contributed by atoms with E-state index in [-0.39, 0.29) is 29.3 Å². The lowest BCUT2D eigenvalue weighted by atomic mass is 10.1. The van der Waals surface area contributed by atoms with Crippen LogP contribution in [0.5, 0.6) is 0 Å². The summed E-state index contributed by atoms with van der Waals surface area (Å²) in [5, 5.41) is 3.11. The molecule has 1 atom stereocenters. The van der Waals surface area contributed by atoms with Gasteiger partial charge in [-0.05, 0) is 47.4 Å². The van der Waals surface area contributed by atoms with Crippen molar-refractivity contribution >= 4 is 38.4 Å². The highest BCUT2D eigenvalue weighted by molar-refractivity contribution is 9.10. The van der Waals surface area contributed by atoms with Crippen molar-refractivity contribution in [3.05, 3.63) is 28.2 Å². The fourth-order valence-electron chi connectivity index (χ4n) is 1.90. The smallest absolute Gasteiger partial charge is 0.243 e. The normalized spacial score (nSPS) is 18.9.